The van der Waals surface area contributed by atoms with E-state index in [1.165, 1.54) is 23.9 Å². The minimum Gasteiger partial charge on any atom is -0.406 e. The first kappa shape index (κ1) is 19.7. The molecule has 10 heteroatoms. The van der Waals surface area contributed by atoms with E-state index >= 15 is 0 Å². The summed E-state index contributed by atoms with van der Waals surface area (Å²) in [6.07, 6.45) is -4.77. The maximum Gasteiger partial charge on any atom is 0.573 e. The molecule has 3 aromatic rings. The first-order valence-corrected chi connectivity index (χ1v) is 8.97. The molecular formula is C18H14F3N3O3S. The van der Waals surface area contributed by atoms with E-state index < -0.39 is 12.3 Å². The van der Waals surface area contributed by atoms with Crippen molar-refractivity contribution >= 4 is 23.4 Å². The number of benzene rings is 2. The number of nitrogens with zero attached hydrogens (tertiary/aromatic N) is 2. The molecule has 0 radical (unpaired) electrons. The summed E-state index contributed by atoms with van der Waals surface area (Å²) in [7, 11) is 0. The van der Waals surface area contributed by atoms with Crippen molar-refractivity contribution in [2.45, 2.75) is 23.9 Å². The lowest BCUT2D eigenvalue weighted by Gasteiger charge is -2.11. The number of hydrogen-bond donors (Lipinski definition) is 1. The Morgan fingerprint density at radius 3 is 2.54 bits per heavy atom. The monoisotopic (exact) mass is 409 g/mol. The Kier molecular flexibility index (Phi) is 5.88. The van der Waals surface area contributed by atoms with Gasteiger partial charge in [-0.15, -0.1) is 24.9 Å². The van der Waals surface area contributed by atoms with Crippen LogP contribution in [0.15, 0.2) is 57.9 Å². The van der Waals surface area contributed by atoms with E-state index in [9.17, 15) is 18.0 Å². The number of hydrogen-bond acceptors (Lipinski definition) is 6. The standard InChI is InChI=1S/C18H14F3N3O3S/c1-11-22-16(27-24-11)10-28-15-5-3-2-4-14(15)17(25)23-12-6-8-13(9-7-12)26-18(19,20)21/h2-9H,10H2,1H3,(H,23,25). The number of amides is 1. The van der Waals surface area contributed by atoms with Crippen LogP contribution in [0.4, 0.5) is 18.9 Å². The van der Waals surface area contributed by atoms with E-state index in [0.717, 1.165) is 12.1 Å². The van der Waals surface area contributed by atoms with Gasteiger partial charge in [-0.1, -0.05) is 17.3 Å². The summed E-state index contributed by atoms with van der Waals surface area (Å²) >= 11 is 1.36. The molecule has 0 atom stereocenters. The molecule has 28 heavy (non-hydrogen) atoms. The predicted octanol–water partition coefficient (Wildman–Crippen LogP) is 4.82. The second-order valence-electron chi connectivity index (χ2n) is 5.55. The van der Waals surface area contributed by atoms with Crippen LogP contribution in [0.5, 0.6) is 5.75 Å². The van der Waals surface area contributed by atoms with Crippen LogP contribution in [0.1, 0.15) is 22.1 Å². The van der Waals surface area contributed by atoms with E-state index in [1.807, 2.05) is 0 Å². The lowest BCUT2D eigenvalue weighted by atomic mass is 10.2. The number of halogens is 3. The third kappa shape index (κ3) is 5.49. The van der Waals surface area contributed by atoms with Gasteiger partial charge in [-0.25, -0.2) is 0 Å². The highest BCUT2D eigenvalue weighted by Gasteiger charge is 2.31. The predicted molar refractivity (Wildman–Crippen MR) is 96.1 cm³/mol. The molecule has 1 heterocycles. The van der Waals surface area contributed by atoms with Crippen molar-refractivity contribution in [1.82, 2.24) is 10.1 Å². The van der Waals surface area contributed by atoms with E-state index in [2.05, 4.69) is 20.2 Å². The van der Waals surface area contributed by atoms with Gasteiger partial charge in [0, 0.05) is 10.6 Å². The van der Waals surface area contributed by atoms with Gasteiger partial charge < -0.3 is 14.6 Å². The van der Waals surface area contributed by atoms with Crippen molar-refractivity contribution in [2.75, 3.05) is 5.32 Å². The highest BCUT2D eigenvalue weighted by Crippen LogP contribution is 2.27. The van der Waals surface area contributed by atoms with Crippen molar-refractivity contribution in [1.29, 1.82) is 0 Å². The first-order valence-electron chi connectivity index (χ1n) is 7.98. The second-order valence-corrected chi connectivity index (χ2v) is 6.56. The van der Waals surface area contributed by atoms with Gasteiger partial charge in [0.2, 0.25) is 5.89 Å². The number of ether oxygens (including phenoxy) is 1. The summed E-state index contributed by atoms with van der Waals surface area (Å²) < 4.78 is 45.5. The maximum absolute atomic E-state index is 12.6. The molecule has 0 aliphatic carbocycles. The van der Waals surface area contributed by atoms with Crippen LogP contribution < -0.4 is 10.1 Å². The van der Waals surface area contributed by atoms with E-state index in [1.54, 1.807) is 31.2 Å². The molecule has 2 aromatic carbocycles. The van der Waals surface area contributed by atoms with Crippen LogP contribution in [0.25, 0.3) is 0 Å². The topological polar surface area (TPSA) is 77.2 Å². The van der Waals surface area contributed by atoms with Crippen LogP contribution in [0.2, 0.25) is 0 Å². The molecule has 3 rings (SSSR count). The van der Waals surface area contributed by atoms with Crippen molar-refractivity contribution in [2.24, 2.45) is 0 Å². The Morgan fingerprint density at radius 2 is 1.89 bits per heavy atom. The summed E-state index contributed by atoms with van der Waals surface area (Å²) in [5.74, 6) is 0.609. The Balaban J connectivity index is 1.67. The summed E-state index contributed by atoms with van der Waals surface area (Å²) in [5.41, 5.74) is 0.756. The number of thioether (sulfide) groups is 1. The fourth-order valence-corrected chi connectivity index (χ4v) is 3.14. The SMILES string of the molecule is Cc1noc(CSc2ccccc2C(=O)Nc2ccc(OC(F)(F)F)cc2)n1. The molecule has 1 aromatic heterocycles. The minimum atomic E-state index is -4.77. The van der Waals surface area contributed by atoms with Crippen LogP contribution in [-0.2, 0) is 5.75 Å². The molecular weight excluding hydrogens is 395 g/mol. The summed E-state index contributed by atoms with van der Waals surface area (Å²) in [6.45, 7) is 1.71. The molecule has 0 saturated heterocycles. The molecule has 0 aliphatic rings. The fourth-order valence-electron chi connectivity index (χ4n) is 2.26. The molecule has 0 spiro atoms. The van der Waals surface area contributed by atoms with Gasteiger partial charge in [0.05, 0.1) is 11.3 Å². The lowest BCUT2D eigenvalue weighted by molar-refractivity contribution is -0.274. The number of carbonyl (C=O) groups is 1. The van der Waals surface area contributed by atoms with Crippen LogP contribution in [0, 0.1) is 6.92 Å². The third-order valence-electron chi connectivity index (χ3n) is 3.40. The number of carbonyl (C=O) groups excluding carboxylic acids is 1. The largest absolute Gasteiger partial charge is 0.573 e. The highest BCUT2D eigenvalue weighted by atomic mass is 32.2. The molecule has 0 aliphatic heterocycles. The fraction of sp³-hybridized carbons (Fsp3) is 0.167. The maximum atomic E-state index is 12.6. The third-order valence-corrected chi connectivity index (χ3v) is 4.46. The summed E-state index contributed by atoms with van der Waals surface area (Å²) in [5, 5.41) is 6.36. The minimum absolute atomic E-state index is 0.340. The molecule has 0 unspecified atom stereocenters. The Morgan fingerprint density at radius 1 is 1.18 bits per heavy atom. The zero-order valence-electron chi connectivity index (χ0n) is 14.5. The molecule has 0 saturated carbocycles. The molecule has 6 nitrogen and oxygen atoms in total. The highest BCUT2D eigenvalue weighted by molar-refractivity contribution is 7.98. The number of aryl methyl sites for hydroxylation is 1. The lowest BCUT2D eigenvalue weighted by Crippen LogP contribution is -2.17. The van der Waals surface area contributed by atoms with Crippen molar-refractivity contribution < 1.29 is 27.2 Å². The quantitative estimate of drug-likeness (QED) is 0.588. The molecule has 1 N–H and O–H groups in total. The number of anilines is 1. The van der Waals surface area contributed by atoms with Crippen molar-refractivity contribution in [3.05, 3.63) is 65.8 Å². The smallest absolute Gasteiger partial charge is 0.406 e. The van der Waals surface area contributed by atoms with Crippen molar-refractivity contribution in [3.63, 3.8) is 0 Å². The molecule has 0 bridgehead atoms. The van der Waals surface area contributed by atoms with E-state index in [4.69, 9.17) is 4.52 Å². The molecule has 1 amide bonds. The number of alkyl halides is 3. The number of aromatic nitrogens is 2. The number of rotatable bonds is 6. The first-order chi connectivity index (χ1) is 13.3. The van der Waals surface area contributed by atoms with Gasteiger partial charge >= 0.3 is 6.36 Å². The van der Waals surface area contributed by atoms with Gasteiger partial charge in [-0.3, -0.25) is 4.79 Å². The Hall–Kier alpha value is -3.01. The molecule has 146 valence electrons. The average molecular weight is 409 g/mol. The second kappa shape index (κ2) is 8.34. The van der Waals surface area contributed by atoms with E-state index in [0.29, 0.717) is 33.6 Å². The summed E-state index contributed by atoms with van der Waals surface area (Å²) in [4.78, 5) is 17.4. The Labute approximate surface area is 162 Å². The van der Waals surface area contributed by atoms with Crippen LogP contribution >= 0.6 is 11.8 Å². The Bertz CT molecular complexity index is 958. The average Bonchev–Trinajstić information content (AvgIpc) is 3.06. The van der Waals surface area contributed by atoms with Crippen molar-refractivity contribution in [3.8, 4) is 5.75 Å². The van der Waals surface area contributed by atoms with Gasteiger partial charge in [-0.2, -0.15) is 4.98 Å². The summed E-state index contributed by atoms with van der Waals surface area (Å²) in [6, 6.07) is 11.9. The van der Waals surface area contributed by atoms with Gasteiger partial charge in [0.25, 0.3) is 5.91 Å². The van der Waals surface area contributed by atoms with Gasteiger partial charge in [-0.05, 0) is 43.3 Å². The van der Waals surface area contributed by atoms with E-state index in [-0.39, 0.29) is 5.75 Å². The zero-order chi connectivity index (χ0) is 20.1. The zero-order valence-corrected chi connectivity index (χ0v) is 15.3. The number of nitrogens with one attached hydrogen (secondary N) is 1. The molecule has 0 fully saturated rings. The van der Waals surface area contributed by atoms with Gasteiger partial charge in [0.15, 0.2) is 5.82 Å². The normalized spacial score (nSPS) is 11.3. The van der Waals surface area contributed by atoms with Crippen LogP contribution in [-0.4, -0.2) is 22.4 Å². The van der Waals surface area contributed by atoms with Crippen LogP contribution in [0.3, 0.4) is 0 Å². The van der Waals surface area contributed by atoms with Gasteiger partial charge in [0.1, 0.15) is 5.75 Å².